The van der Waals surface area contributed by atoms with Crippen LogP contribution in [0, 0.1) is 5.92 Å². The molecule has 11 heavy (non-hydrogen) atoms. The summed E-state index contributed by atoms with van der Waals surface area (Å²) in [7, 11) is 0. The van der Waals surface area contributed by atoms with Crippen molar-refractivity contribution in [2.24, 2.45) is 5.92 Å². The fourth-order valence-electron chi connectivity index (χ4n) is 0.518. The molecule has 0 aromatic heterocycles. The topological polar surface area (TPSA) is 74.6 Å². The van der Waals surface area contributed by atoms with E-state index in [1.54, 1.807) is 0 Å². The molecule has 0 saturated heterocycles. The highest BCUT2D eigenvalue weighted by atomic mass is 16.4. The second-order valence-corrected chi connectivity index (χ2v) is 2.28. The van der Waals surface area contributed by atoms with Gasteiger partial charge in [-0.1, -0.05) is 6.08 Å². The zero-order valence-electron chi connectivity index (χ0n) is 6.37. The average Bonchev–Trinajstić information content (AvgIpc) is 1.87. The molecule has 4 heteroatoms. The van der Waals surface area contributed by atoms with Crippen LogP contribution in [0.2, 0.25) is 0 Å². The van der Waals surface area contributed by atoms with Crippen LogP contribution in [0.5, 0.6) is 0 Å². The molecule has 62 valence electrons. The van der Waals surface area contributed by atoms with Gasteiger partial charge in [0.05, 0.1) is 5.92 Å². The zero-order chi connectivity index (χ0) is 9.02. The van der Waals surface area contributed by atoms with Crippen LogP contribution < -0.4 is 0 Å². The molecule has 0 unspecified atom stereocenters. The molecule has 0 aliphatic rings. The molecule has 0 aromatic carbocycles. The Balaban J connectivity index is 4.31. The second-order valence-electron chi connectivity index (χ2n) is 2.28. The first-order valence-electron chi connectivity index (χ1n) is 3.09. The Morgan fingerprint density at radius 2 is 1.82 bits per heavy atom. The summed E-state index contributed by atoms with van der Waals surface area (Å²) in [5, 5.41) is 16.7. The first kappa shape index (κ1) is 9.68. The van der Waals surface area contributed by atoms with Crippen molar-refractivity contribution in [2.45, 2.75) is 13.8 Å². The van der Waals surface area contributed by atoms with Crippen LogP contribution in [-0.2, 0) is 9.59 Å². The minimum Gasteiger partial charge on any atom is -0.481 e. The monoisotopic (exact) mass is 158 g/mol. The van der Waals surface area contributed by atoms with Crippen molar-refractivity contribution in [1.82, 2.24) is 0 Å². The lowest BCUT2D eigenvalue weighted by atomic mass is 10.1. The number of carbonyl (C=O) groups is 2. The van der Waals surface area contributed by atoms with Gasteiger partial charge in [0.2, 0.25) is 0 Å². The smallest absolute Gasteiger partial charge is 0.330 e. The average molecular weight is 158 g/mol. The highest BCUT2D eigenvalue weighted by Gasteiger charge is 2.09. The first-order valence-corrected chi connectivity index (χ1v) is 3.09. The van der Waals surface area contributed by atoms with E-state index in [9.17, 15) is 9.59 Å². The normalized spacial score (nSPS) is 14.2. The number of aliphatic carboxylic acids is 2. The highest BCUT2D eigenvalue weighted by molar-refractivity contribution is 5.87. The van der Waals surface area contributed by atoms with Gasteiger partial charge in [0.1, 0.15) is 0 Å². The van der Waals surface area contributed by atoms with E-state index in [4.69, 9.17) is 10.2 Å². The highest BCUT2D eigenvalue weighted by Crippen LogP contribution is 2.02. The van der Waals surface area contributed by atoms with Crippen LogP contribution in [0.15, 0.2) is 11.6 Å². The zero-order valence-corrected chi connectivity index (χ0v) is 6.37. The summed E-state index contributed by atoms with van der Waals surface area (Å²) in [6.45, 7) is 2.79. The fraction of sp³-hybridized carbons (Fsp3) is 0.429. The van der Waals surface area contributed by atoms with Crippen LogP contribution in [0.25, 0.3) is 0 Å². The van der Waals surface area contributed by atoms with Crippen LogP contribution in [0.4, 0.5) is 0 Å². The van der Waals surface area contributed by atoms with E-state index in [0.717, 1.165) is 0 Å². The summed E-state index contributed by atoms with van der Waals surface area (Å²) in [6.07, 6.45) is 1.20. The Hall–Kier alpha value is -1.32. The molecule has 0 aliphatic heterocycles. The Morgan fingerprint density at radius 3 is 2.09 bits per heavy atom. The van der Waals surface area contributed by atoms with Crippen molar-refractivity contribution in [1.29, 1.82) is 0 Å². The largest absolute Gasteiger partial charge is 0.481 e. The van der Waals surface area contributed by atoms with Gasteiger partial charge in [0, 0.05) is 5.57 Å². The minimum absolute atomic E-state index is 0.0555. The van der Waals surface area contributed by atoms with Gasteiger partial charge in [-0.15, -0.1) is 0 Å². The third-order valence-electron chi connectivity index (χ3n) is 1.23. The van der Waals surface area contributed by atoms with Crippen molar-refractivity contribution < 1.29 is 19.8 Å². The molecule has 0 aliphatic carbocycles. The Morgan fingerprint density at radius 1 is 1.36 bits per heavy atom. The number of hydrogen-bond donors (Lipinski definition) is 2. The molecule has 0 amide bonds. The molecular weight excluding hydrogens is 148 g/mol. The maximum atomic E-state index is 10.2. The number of hydrogen-bond acceptors (Lipinski definition) is 2. The van der Waals surface area contributed by atoms with Crippen molar-refractivity contribution in [3.05, 3.63) is 11.6 Å². The van der Waals surface area contributed by atoms with Gasteiger partial charge in [-0.2, -0.15) is 0 Å². The predicted octanol–water partition coefficient (Wildman–Crippen LogP) is 0.738. The lowest BCUT2D eigenvalue weighted by molar-refractivity contribution is -0.139. The Kier molecular flexibility index (Phi) is 3.30. The third-order valence-corrected chi connectivity index (χ3v) is 1.23. The molecule has 0 aromatic rings. The molecule has 0 fully saturated rings. The van der Waals surface area contributed by atoms with Crippen LogP contribution in [0.3, 0.4) is 0 Å². The van der Waals surface area contributed by atoms with Crippen molar-refractivity contribution in [3.8, 4) is 0 Å². The van der Waals surface area contributed by atoms with Gasteiger partial charge in [-0.3, -0.25) is 4.79 Å². The van der Waals surface area contributed by atoms with E-state index in [-0.39, 0.29) is 5.57 Å². The quantitative estimate of drug-likeness (QED) is 0.594. The molecule has 0 rings (SSSR count). The SMILES string of the molecule is C/C(=C/[C@@H](C)C(=O)O)C(=O)O. The molecule has 0 spiro atoms. The van der Waals surface area contributed by atoms with E-state index in [0.29, 0.717) is 0 Å². The molecule has 0 saturated carbocycles. The van der Waals surface area contributed by atoms with Gasteiger partial charge in [0.15, 0.2) is 0 Å². The number of carboxylic acids is 2. The maximum absolute atomic E-state index is 10.2. The first-order chi connectivity index (χ1) is 4.95. The maximum Gasteiger partial charge on any atom is 0.330 e. The molecule has 4 nitrogen and oxygen atoms in total. The van der Waals surface area contributed by atoms with Gasteiger partial charge in [-0.05, 0) is 13.8 Å². The van der Waals surface area contributed by atoms with E-state index in [1.807, 2.05) is 0 Å². The number of carboxylic acid groups (broad SMARTS) is 2. The molecule has 0 bridgehead atoms. The van der Waals surface area contributed by atoms with Crippen molar-refractivity contribution in [2.75, 3.05) is 0 Å². The number of rotatable bonds is 3. The van der Waals surface area contributed by atoms with Crippen molar-refractivity contribution in [3.63, 3.8) is 0 Å². The fourth-order valence-corrected chi connectivity index (χ4v) is 0.518. The van der Waals surface area contributed by atoms with Crippen LogP contribution in [-0.4, -0.2) is 22.2 Å². The summed E-state index contributed by atoms with van der Waals surface area (Å²) in [4.78, 5) is 20.4. The Labute approximate surface area is 64.2 Å². The van der Waals surface area contributed by atoms with E-state index in [1.165, 1.54) is 19.9 Å². The van der Waals surface area contributed by atoms with E-state index in [2.05, 4.69) is 0 Å². The van der Waals surface area contributed by atoms with Gasteiger partial charge < -0.3 is 10.2 Å². The summed E-state index contributed by atoms with van der Waals surface area (Å²) >= 11 is 0. The molecule has 0 heterocycles. The van der Waals surface area contributed by atoms with Gasteiger partial charge >= 0.3 is 11.9 Å². The molecule has 1 atom stereocenters. The van der Waals surface area contributed by atoms with Gasteiger partial charge in [-0.25, -0.2) is 4.79 Å². The second kappa shape index (κ2) is 3.75. The summed E-state index contributed by atoms with van der Waals surface area (Å²) in [5.74, 6) is -2.85. The summed E-state index contributed by atoms with van der Waals surface area (Å²) in [5.41, 5.74) is 0.0555. The van der Waals surface area contributed by atoms with Crippen molar-refractivity contribution >= 4 is 11.9 Å². The predicted molar refractivity (Wildman–Crippen MR) is 38.2 cm³/mol. The molecule has 2 N–H and O–H groups in total. The molecule has 0 radical (unpaired) electrons. The lowest BCUT2D eigenvalue weighted by Crippen LogP contribution is -2.08. The van der Waals surface area contributed by atoms with Gasteiger partial charge in [0.25, 0.3) is 0 Å². The van der Waals surface area contributed by atoms with E-state index < -0.39 is 17.9 Å². The van der Waals surface area contributed by atoms with Crippen LogP contribution in [0.1, 0.15) is 13.8 Å². The summed E-state index contributed by atoms with van der Waals surface area (Å²) in [6, 6.07) is 0. The Bertz CT molecular complexity index is 204. The molecular formula is C7H10O4. The standard InChI is InChI=1S/C7H10O4/c1-4(6(8)9)3-5(2)7(10)11/h3-4H,1-2H3,(H,8,9)(H,10,11)/b5-3-/t4-/m1/s1. The van der Waals surface area contributed by atoms with E-state index >= 15 is 0 Å². The minimum atomic E-state index is -1.09. The summed E-state index contributed by atoms with van der Waals surface area (Å²) < 4.78 is 0. The lowest BCUT2D eigenvalue weighted by Gasteiger charge is -1.98. The van der Waals surface area contributed by atoms with Crippen LogP contribution >= 0.6 is 0 Å². The third kappa shape index (κ3) is 3.40.